The minimum atomic E-state index is 0.520. The van der Waals surface area contributed by atoms with E-state index < -0.39 is 0 Å². The fourth-order valence-corrected chi connectivity index (χ4v) is 2.39. The molecule has 2 aromatic rings. The van der Waals surface area contributed by atoms with E-state index >= 15 is 0 Å². The normalized spacial score (nSPS) is 16.9. The first kappa shape index (κ1) is 9.90. The third kappa shape index (κ3) is 1.63. The summed E-state index contributed by atoms with van der Waals surface area (Å²) in [6.07, 6.45) is 9.22. The van der Waals surface area contributed by atoms with Crippen molar-refractivity contribution in [3.8, 4) is 0 Å². The predicted octanol–water partition coefficient (Wildman–Crippen LogP) is 2.37. The van der Waals surface area contributed by atoms with Gasteiger partial charge in [-0.15, -0.1) is 0 Å². The number of anilines is 1. The van der Waals surface area contributed by atoms with Crippen molar-refractivity contribution in [2.45, 2.75) is 19.3 Å². The van der Waals surface area contributed by atoms with E-state index in [1.807, 2.05) is 10.6 Å². The molecule has 3 heterocycles. The lowest BCUT2D eigenvalue weighted by Crippen LogP contribution is -2.30. The van der Waals surface area contributed by atoms with Gasteiger partial charge in [0.05, 0.1) is 0 Å². The minimum absolute atomic E-state index is 0.520. The summed E-state index contributed by atoms with van der Waals surface area (Å²) in [5.41, 5.74) is 0.895. The smallest absolute Gasteiger partial charge is 0.180 e. The van der Waals surface area contributed by atoms with Crippen molar-refractivity contribution in [2.75, 3.05) is 18.0 Å². The molecule has 3 rings (SSSR count). The molecule has 84 valence electrons. The molecule has 0 N–H and O–H groups in total. The van der Waals surface area contributed by atoms with Crippen molar-refractivity contribution in [2.24, 2.45) is 0 Å². The highest BCUT2D eigenvalue weighted by atomic mass is 35.5. The van der Waals surface area contributed by atoms with E-state index in [9.17, 15) is 0 Å². The molecule has 4 nitrogen and oxygen atoms in total. The first-order chi connectivity index (χ1) is 7.84. The molecule has 16 heavy (non-hydrogen) atoms. The second kappa shape index (κ2) is 3.94. The lowest BCUT2D eigenvalue weighted by atomic mass is 10.1. The van der Waals surface area contributed by atoms with Gasteiger partial charge in [-0.05, 0) is 19.3 Å². The molecule has 0 aromatic carbocycles. The van der Waals surface area contributed by atoms with Gasteiger partial charge in [0.1, 0.15) is 5.15 Å². The van der Waals surface area contributed by atoms with Crippen LogP contribution in [-0.2, 0) is 0 Å². The van der Waals surface area contributed by atoms with Crippen molar-refractivity contribution in [1.29, 1.82) is 0 Å². The Morgan fingerprint density at radius 1 is 1.19 bits per heavy atom. The molecule has 0 unspecified atom stereocenters. The van der Waals surface area contributed by atoms with Gasteiger partial charge in [-0.1, -0.05) is 11.6 Å². The predicted molar refractivity (Wildman–Crippen MR) is 64.1 cm³/mol. The number of hydrogen-bond acceptors (Lipinski definition) is 3. The molecule has 0 bridgehead atoms. The highest BCUT2D eigenvalue weighted by molar-refractivity contribution is 6.29. The summed E-state index contributed by atoms with van der Waals surface area (Å²) in [5.74, 6) is 0.914. The first-order valence-corrected chi connectivity index (χ1v) is 5.96. The average Bonchev–Trinajstić information content (AvgIpc) is 2.77. The molecule has 0 saturated carbocycles. The molecule has 1 fully saturated rings. The molecule has 0 atom stereocenters. The zero-order chi connectivity index (χ0) is 11.0. The Labute approximate surface area is 98.9 Å². The molecule has 5 heteroatoms. The maximum Gasteiger partial charge on any atom is 0.180 e. The van der Waals surface area contributed by atoms with Gasteiger partial charge in [0, 0.05) is 31.7 Å². The number of aromatic nitrogens is 3. The van der Waals surface area contributed by atoms with E-state index in [4.69, 9.17) is 11.6 Å². The zero-order valence-corrected chi connectivity index (χ0v) is 9.69. The Morgan fingerprint density at radius 3 is 2.81 bits per heavy atom. The van der Waals surface area contributed by atoms with Crippen molar-refractivity contribution < 1.29 is 0 Å². The second-order valence-electron chi connectivity index (χ2n) is 4.09. The highest BCUT2D eigenvalue weighted by Crippen LogP contribution is 2.23. The summed E-state index contributed by atoms with van der Waals surface area (Å²) in [6.45, 7) is 2.10. The molecule has 0 amide bonds. The van der Waals surface area contributed by atoms with Crippen LogP contribution in [0.3, 0.4) is 0 Å². The third-order valence-electron chi connectivity index (χ3n) is 2.98. The van der Waals surface area contributed by atoms with E-state index in [-0.39, 0.29) is 0 Å². The number of rotatable bonds is 1. The van der Waals surface area contributed by atoms with Gasteiger partial charge in [-0.3, -0.25) is 0 Å². The quantitative estimate of drug-likeness (QED) is 0.762. The average molecular weight is 237 g/mol. The fraction of sp³-hybridized carbons (Fsp3) is 0.455. The number of imidazole rings is 1. The Bertz CT molecular complexity index is 502. The van der Waals surface area contributed by atoms with Gasteiger partial charge in [-0.25, -0.2) is 9.97 Å². The van der Waals surface area contributed by atoms with Crippen LogP contribution in [0, 0.1) is 0 Å². The van der Waals surface area contributed by atoms with E-state index in [1.54, 1.807) is 12.4 Å². The molecule has 2 aromatic heterocycles. The monoisotopic (exact) mass is 236 g/mol. The minimum Gasteiger partial charge on any atom is -0.353 e. The summed E-state index contributed by atoms with van der Waals surface area (Å²) in [5, 5.41) is 0.520. The lowest BCUT2D eigenvalue weighted by molar-refractivity contribution is 0.574. The molecule has 1 aliphatic rings. The summed E-state index contributed by atoms with van der Waals surface area (Å²) >= 11 is 6.01. The van der Waals surface area contributed by atoms with Crippen LogP contribution in [0.1, 0.15) is 19.3 Å². The number of halogens is 1. The van der Waals surface area contributed by atoms with Gasteiger partial charge in [0.15, 0.2) is 11.5 Å². The van der Waals surface area contributed by atoms with Crippen LogP contribution in [0.5, 0.6) is 0 Å². The number of piperidine rings is 1. The SMILES string of the molecule is Clc1cn2ccnc2c(N2CCCCC2)n1. The van der Waals surface area contributed by atoms with Gasteiger partial charge in [0.2, 0.25) is 0 Å². The Hall–Kier alpha value is -1.29. The Balaban J connectivity index is 2.09. The van der Waals surface area contributed by atoms with Crippen LogP contribution in [0.15, 0.2) is 18.6 Å². The van der Waals surface area contributed by atoms with Gasteiger partial charge >= 0.3 is 0 Å². The van der Waals surface area contributed by atoms with Gasteiger partial charge in [0.25, 0.3) is 0 Å². The van der Waals surface area contributed by atoms with E-state index in [0.29, 0.717) is 5.15 Å². The van der Waals surface area contributed by atoms with Crippen molar-refractivity contribution in [1.82, 2.24) is 14.4 Å². The number of fused-ring (bicyclic) bond motifs is 1. The highest BCUT2D eigenvalue weighted by Gasteiger charge is 2.16. The van der Waals surface area contributed by atoms with Crippen molar-refractivity contribution in [3.05, 3.63) is 23.7 Å². The molecule has 0 radical (unpaired) electrons. The van der Waals surface area contributed by atoms with Crippen LogP contribution in [0.25, 0.3) is 5.65 Å². The van der Waals surface area contributed by atoms with E-state index in [1.165, 1.54) is 19.3 Å². The number of hydrogen-bond donors (Lipinski definition) is 0. The van der Waals surface area contributed by atoms with Crippen LogP contribution in [0.2, 0.25) is 5.15 Å². The third-order valence-corrected chi connectivity index (χ3v) is 3.16. The molecule has 1 aliphatic heterocycles. The van der Waals surface area contributed by atoms with Crippen LogP contribution >= 0.6 is 11.6 Å². The Kier molecular flexibility index (Phi) is 2.44. The largest absolute Gasteiger partial charge is 0.353 e. The Morgan fingerprint density at radius 2 is 2.00 bits per heavy atom. The lowest BCUT2D eigenvalue weighted by Gasteiger charge is -2.27. The van der Waals surface area contributed by atoms with Gasteiger partial charge < -0.3 is 9.30 Å². The second-order valence-corrected chi connectivity index (χ2v) is 4.48. The molecular formula is C11H13ClN4. The molecule has 1 saturated heterocycles. The topological polar surface area (TPSA) is 33.4 Å². The zero-order valence-electron chi connectivity index (χ0n) is 8.93. The standard InChI is InChI=1S/C11H13ClN4/c12-9-8-16-7-4-13-10(16)11(14-9)15-5-2-1-3-6-15/h4,7-8H,1-3,5-6H2. The molecule has 0 spiro atoms. The van der Waals surface area contributed by atoms with Crippen molar-refractivity contribution >= 4 is 23.1 Å². The maximum atomic E-state index is 6.01. The maximum absolute atomic E-state index is 6.01. The van der Waals surface area contributed by atoms with Crippen LogP contribution in [-0.4, -0.2) is 27.5 Å². The van der Waals surface area contributed by atoms with E-state index in [0.717, 1.165) is 24.6 Å². The first-order valence-electron chi connectivity index (χ1n) is 5.59. The van der Waals surface area contributed by atoms with E-state index in [2.05, 4.69) is 14.9 Å². The summed E-state index contributed by atoms with van der Waals surface area (Å²) in [4.78, 5) is 11.0. The summed E-state index contributed by atoms with van der Waals surface area (Å²) in [6, 6.07) is 0. The van der Waals surface area contributed by atoms with Crippen LogP contribution < -0.4 is 4.90 Å². The molecular weight excluding hydrogens is 224 g/mol. The number of nitrogens with zero attached hydrogens (tertiary/aromatic N) is 4. The van der Waals surface area contributed by atoms with Crippen LogP contribution in [0.4, 0.5) is 5.82 Å². The fourth-order valence-electron chi connectivity index (χ4n) is 2.20. The van der Waals surface area contributed by atoms with Gasteiger partial charge in [-0.2, -0.15) is 0 Å². The summed E-state index contributed by atoms with van der Waals surface area (Å²) in [7, 11) is 0. The summed E-state index contributed by atoms with van der Waals surface area (Å²) < 4.78 is 1.93. The van der Waals surface area contributed by atoms with Crippen molar-refractivity contribution in [3.63, 3.8) is 0 Å². The molecule has 0 aliphatic carbocycles.